The highest BCUT2D eigenvalue weighted by Crippen LogP contribution is 2.36. The van der Waals surface area contributed by atoms with Gasteiger partial charge in [-0.15, -0.1) is 0 Å². The Labute approximate surface area is 498 Å². The Hall–Kier alpha value is -6.59. The molecule has 85 heavy (non-hydrogen) atoms. The number of piperidine rings is 4. The normalized spacial score (nSPS) is 20.6. The van der Waals surface area contributed by atoms with Crippen LogP contribution in [0.25, 0.3) is 0 Å². The van der Waals surface area contributed by atoms with Crippen molar-refractivity contribution in [3.8, 4) is 0 Å². The Balaban J connectivity index is 0.000000188. The van der Waals surface area contributed by atoms with Crippen molar-refractivity contribution in [2.75, 3.05) is 72.0 Å². The minimum atomic E-state index is -3.98. The van der Waals surface area contributed by atoms with E-state index in [-0.39, 0.29) is 102 Å². The van der Waals surface area contributed by atoms with Gasteiger partial charge in [-0.25, -0.2) is 31.2 Å². The predicted molar refractivity (Wildman–Crippen MR) is 310 cm³/mol. The predicted octanol–water partition coefficient (Wildman–Crippen LogP) is 3.85. The van der Waals surface area contributed by atoms with Crippen LogP contribution in [0, 0.1) is 0 Å². The lowest BCUT2D eigenvalue weighted by molar-refractivity contribution is -0.121. The van der Waals surface area contributed by atoms with Gasteiger partial charge in [-0.05, 0) is 126 Å². The van der Waals surface area contributed by atoms with Crippen LogP contribution in [-0.4, -0.2) is 199 Å². The molecule has 9 rings (SSSR count). The number of benzene rings is 2. The Morgan fingerprint density at radius 1 is 0.471 bits per heavy atom. The summed E-state index contributed by atoms with van der Waals surface area (Å²) >= 11 is 0. The number of nitrogens with zero attached hydrogens (tertiary/aromatic N) is 5. The Morgan fingerprint density at radius 3 is 1.14 bits per heavy atom. The molecule has 6 amide bonds. The first-order chi connectivity index (χ1) is 39.4. The van der Waals surface area contributed by atoms with Gasteiger partial charge in [-0.3, -0.25) is 34.1 Å². The molecule has 7 aliphatic heterocycles. The van der Waals surface area contributed by atoms with E-state index in [4.69, 9.17) is 14.2 Å². The van der Waals surface area contributed by atoms with Gasteiger partial charge in [-0.2, -0.15) is 8.61 Å². The average molecular weight is 1230 g/mol. The third-order valence-corrected chi connectivity index (χ3v) is 18.7. The van der Waals surface area contributed by atoms with Gasteiger partial charge in [0.25, 0.3) is 0 Å². The van der Waals surface area contributed by atoms with E-state index in [2.05, 4.69) is 26.6 Å². The van der Waals surface area contributed by atoms with Gasteiger partial charge in [-0.1, -0.05) is 24.3 Å². The molecule has 26 nitrogen and oxygen atoms in total. The van der Waals surface area contributed by atoms with Gasteiger partial charge >= 0.3 is 18.3 Å². The monoisotopic (exact) mass is 1230 g/mol. The van der Waals surface area contributed by atoms with Crippen LogP contribution in [0.3, 0.4) is 0 Å². The van der Waals surface area contributed by atoms with E-state index in [0.29, 0.717) is 82.6 Å². The molecule has 7 aliphatic rings. The second-order valence-corrected chi connectivity index (χ2v) is 28.7. The molecule has 2 aromatic rings. The summed E-state index contributed by atoms with van der Waals surface area (Å²) in [5.74, 6) is -0.698. The molecule has 3 spiro atoms. The summed E-state index contributed by atoms with van der Waals surface area (Å²) in [6.07, 6.45) is 2.87. The second kappa shape index (κ2) is 26.6. The smallest absolute Gasteiger partial charge is 0.410 e. The standard InChI is InChI=1S/C20H27N3O6S.C15H19N3O4S.C12H21N3O3.C10H17NO3/c1-14(24)15-5-7-16(8-6-15)30(27,28)23-13-17(25)21-20(23)9-11-22(12-10-20)18(26)29-19(2,3)4;1-11(19)12-2-4-13(5-3-12)23(21,22)18-10-14(20)17-15(18)6-8-16-9-7-15;1-11(2,3)18-10(17)15-6-4-12(5-7-15)13-8-9(16)14-12;1-10(2,3)14-9(13)11-6-4-8(12)5-7-11/h5-8H,9-13H2,1-4H3,(H,21,25);2-5,16H,6-10H2,1H3,(H,17,20);13H,4-8H2,1-3H3,(H,14,16);4-7H2,1-3H3. The fourth-order valence-corrected chi connectivity index (χ4v) is 13.9. The van der Waals surface area contributed by atoms with Gasteiger partial charge in [0.1, 0.15) is 33.9 Å². The lowest BCUT2D eigenvalue weighted by Gasteiger charge is -2.43. The highest BCUT2D eigenvalue weighted by atomic mass is 32.2. The van der Waals surface area contributed by atoms with Crippen LogP contribution in [0.5, 0.6) is 0 Å². The number of hydrogen-bond donors (Lipinski definition) is 5. The van der Waals surface area contributed by atoms with Crippen LogP contribution in [0.2, 0.25) is 0 Å². The summed E-state index contributed by atoms with van der Waals surface area (Å²) in [4.78, 5) is 110. The summed E-state index contributed by atoms with van der Waals surface area (Å²) in [6.45, 7) is 23.1. The maximum Gasteiger partial charge on any atom is 0.410 e. The zero-order valence-corrected chi connectivity index (χ0v) is 52.3. The lowest BCUT2D eigenvalue weighted by atomic mass is 9.98. The second-order valence-electron chi connectivity index (χ2n) is 25.0. The van der Waals surface area contributed by atoms with Crippen LogP contribution in [-0.2, 0) is 53.4 Å². The van der Waals surface area contributed by atoms with E-state index >= 15 is 0 Å². The maximum absolute atomic E-state index is 13.3. The van der Waals surface area contributed by atoms with Crippen molar-refractivity contribution >= 4 is 73.4 Å². The number of carbonyl (C=O) groups excluding carboxylic acids is 9. The summed E-state index contributed by atoms with van der Waals surface area (Å²) in [5, 5.41) is 15.0. The van der Waals surface area contributed by atoms with E-state index in [1.165, 1.54) is 75.9 Å². The van der Waals surface area contributed by atoms with Crippen molar-refractivity contribution in [3.63, 3.8) is 0 Å². The fraction of sp³-hybridized carbons (Fsp3) is 0.632. The minimum Gasteiger partial charge on any atom is -0.444 e. The topological polar surface area (TPSA) is 326 Å². The largest absolute Gasteiger partial charge is 0.444 e. The van der Waals surface area contributed by atoms with Crippen LogP contribution < -0.4 is 26.6 Å². The number of nitrogens with one attached hydrogen (secondary N) is 5. The molecule has 0 saturated carbocycles. The number of ketones is 3. The van der Waals surface area contributed by atoms with E-state index in [1.807, 2.05) is 41.5 Å². The molecule has 0 aromatic heterocycles. The molecule has 7 saturated heterocycles. The van der Waals surface area contributed by atoms with Gasteiger partial charge in [0.15, 0.2) is 11.6 Å². The molecule has 0 aliphatic carbocycles. The molecule has 5 N–H and O–H groups in total. The molecular formula is C57H84N10O16S2. The molecular weight excluding hydrogens is 1140 g/mol. The lowest BCUT2D eigenvalue weighted by Crippen LogP contribution is -2.60. The zero-order valence-electron chi connectivity index (χ0n) is 50.6. The van der Waals surface area contributed by atoms with Gasteiger partial charge in [0, 0.05) is 88.9 Å². The van der Waals surface area contributed by atoms with Crippen LogP contribution in [0.1, 0.15) is 148 Å². The number of rotatable bonds is 6. The number of carbonyl (C=O) groups is 9. The Morgan fingerprint density at radius 2 is 0.812 bits per heavy atom. The van der Waals surface area contributed by atoms with Crippen molar-refractivity contribution in [1.29, 1.82) is 0 Å². The van der Waals surface area contributed by atoms with E-state index in [1.54, 1.807) is 30.6 Å². The van der Waals surface area contributed by atoms with Crippen molar-refractivity contribution in [2.45, 2.75) is 171 Å². The molecule has 0 atom stereocenters. The number of Topliss-reactive ketones (excluding diaryl/α,β-unsaturated/α-hetero) is 3. The van der Waals surface area contributed by atoms with Crippen molar-refractivity contribution in [2.24, 2.45) is 0 Å². The molecule has 470 valence electrons. The molecule has 0 bridgehead atoms. The van der Waals surface area contributed by atoms with Crippen molar-refractivity contribution < 1.29 is 74.2 Å². The molecule has 2 aromatic carbocycles. The number of ether oxygens (including phenoxy) is 3. The van der Waals surface area contributed by atoms with Gasteiger partial charge in [0.2, 0.25) is 37.8 Å². The highest BCUT2D eigenvalue weighted by molar-refractivity contribution is 7.89. The summed E-state index contributed by atoms with van der Waals surface area (Å²) in [5.41, 5.74) is -2.94. The summed E-state index contributed by atoms with van der Waals surface area (Å²) in [7, 11) is -7.80. The summed E-state index contributed by atoms with van der Waals surface area (Å²) < 4.78 is 70.8. The molecule has 0 unspecified atom stereocenters. The Kier molecular flexibility index (Phi) is 21.1. The number of likely N-dealkylation sites (tertiary alicyclic amines) is 3. The Bertz CT molecular complexity index is 3050. The number of amides is 6. The van der Waals surface area contributed by atoms with E-state index in [9.17, 15) is 60.0 Å². The molecule has 7 heterocycles. The first-order valence-corrected chi connectivity index (χ1v) is 31.4. The molecule has 0 radical (unpaired) electrons. The highest BCUT2D eigenvalue weighted by Gasteiger charge is 2.54. The zero-order chi connectivity index (χ0) is 63.1. The van der Waals surface area contributed by atoms with Crippen LogP contribution in [0.15, 0.2) is 58.3 Å². The molecule has 28 heteroatoms. The minimum absolute atomic E-state index is 0.0120. The van der Waals surface area contributed by atoms with Crippen molar-refractivity contribution in [3.05, 3.63) is 59.7 Å². The SMILES string of the molecule is CC(=O)c1ccc(S(=O)(=O)N2CC(=O)NC23CCN(C(=O)OC(C)(C)C)CC3)cc1.CC(=O)c1ccc(S(=O)(=O)N2CC(=O)NC23CCNCC3)cc1.CC(C)(C)OC(=O)N1CCC(=O)CC1.CC(C)(C)OC(=O)N1CCC2(CC1)NCC(=O)N2. The summed E-state index contributed by atoms with van der Waals surface area (Å²) in [6, 6.07) is 11.5. The number of hydrogen-bond acceptors (Lipinski definition) is 18. The third kappa shape index (κ3) is 17.8. The van der Waals surface area contributed by atoms with Gasteiger partial charge < -0.3 is 50.2 Å². The van der Waals surface area contributed by atoms with Crippen LogP contribution >= 0.6 is 0 Å². The number of sulfonamides is 2. The third-order valence-electron chi connectivity index (χ3n) is 14.9. The van der Waals surface area contributed by atoms with E-state index in [0.717, 1.165) is 12.8 Å². The van der Waals surface area contributed by atoms with E-state index < -0.39 is 54.3 Å². The molecule has 7 fully saturated rings. The van der Waals surface area contributed by atoms with Crippen molar-refractivity contribution in [1.82, 2.24) is 49.9 Å². The first kappa shape index (κ1) is 67.5. The maximum atomic E-state index is 13.3. The van der Waals surface area contributed by atoms with Crippen LogP contribution in [0.4, 0.5) is 14.4 Å². The quantitative estimate of drug-likeness (QED) is 0.203. The van der Waals surface area contributed by atoms with Gasteiger partial charge in [0.05, 0.1) is 35.1 Å². The fourth-order valence-electron chi connectivity index (χ4n) is 10.4. The first-order valence-electron chi connectivity index (χ1n) is 28.5. The average Bonchev–Trinajstić information content (AvgIpc) is 2.42.